The largest absolute Gasteiger partial charge is 0.467 e. The first-order chi connectivity index (χ1) is 18.9. The first-order valence-corrected chi connectivity index (χ1v) is 14.5. The number of anilines is 1. The third-order valence-corrected chi connectivity index (χ3v) is 8.22. The predicted octanol–water partition coefficient (Wildman–Crippen LogP) is 5.72. The molecule has 1 unspecified atom stereocenters. The maximum atomic E-state index is 13.3. The Kier molecular flexibility index (Phi) is 7.10. The van der Waals surface area contributed by atoms with Gasteiger partial charge in [-0.25, -0.2) is 18.1 Å². The Bertz CT molecular complexity index is 1690. The van der Waals surface area contributed by atoms with E-state index < -0.39 is 22.0 Å². The van der Waals surface area contributed by atoms with E-state index in [1.807, 2.05) is 56.3 Å². The molecule has 4 aromatic rings. The lowest BCUT2D eigenvalue weighted by Crippen LogP contribution is -2.32. The van der Waals surface area contributed by atoms with E-state index in [1.54, 1.807) is 12.1 Å². The number of ether oxygens (including phenoxy) is 1. The summed E-state index contributed by atoms with van der Waals surface area (Å²) >= 11 is 0. The molecule has 9 heteroatoms. The normalized spacial score (nSPS) is 16.8. The molecule has 4 bridgehead atoms. The summed E-state index contributed by atoms with van der Waals surface area (Å²) in [6.45, 7) is 10.4. The van der Waals surface area contributed by atoms with Gasteiger partial charge in [-0.05, 0) is 59.7 Å². The molecule has 1 aliphatic heterocycles. The zero-order valence-electron chi connectivity index (χ0n) is 23.1. The topological polar surface area (TPSA) is 110 Å². The zero-order chi connectivity index (χ0) is 28.7. The maximum Gasteiger partial charge on any atom is 0.264 e. The molecule has 8 nitrogen and oxygen atoms in total. The summed E-state index contributed by atoms with van der Waals surface area (Å²) in [5.74, 6) is -0.353. The summed E-state index contributed by atoms with van der Waals surface area (Å²) < 4.78 is 35.7. The van der Waals surface area contributed by atoms with Crippen molar-refractivity contribution in [2.24, 2.45) is 0 Å². The number of sulfonamides is 1. The number of aryl methyl sites for hydroxylation is 2. The van der Waals surface area contributed by atoms with E-state index in [0.29, 0.717) is 5.69 Å². The summed E-state index contributed by atoms with van der Waals surface area (Å²) in [6, 6.07) is 21.4. The summed E-state index contributed by atoms with van der Waals surface area (Å²) in [5.41, 5.74) is 5.31. The number of carbonyl (C=O) groups excluding carboxylic acids is 1. The van der Waals surface area contributed by atoms with Crippen molar-refractivity contribution in [2.45, 2.75) is 51.0 Å². The van der Waals surface area contributed by atoms with Crippen LogP contribution in [0.3, 0.4) is 0 Å². The highest BCUT2D eigenvalue weighted by molar-refractivity contribution is 7.92. The van der Waals surface area contributed by atoms with Crippen LogP contribution in [0.15, 0.2) is 77.7 Å². The molecule has 1 aliphatic rings. The lowest BCUT2D eigenvalue weighted by atomic mass is 9.82. The fourth-order valence-corrected chi connectivity index (χ4v) is 5.96. The van der Waals surface area contributed by atoms with Crippen LogP contribution in [0.1, 0.15) is 59.5 Å². The van der Waals surface area contributed by atoms with Crippen LogP contribution in [0.25, 0.3) is 11.3 Å². The van der Waals surface area contributed by atoms with Crippen LogP contribution in [0, 0.1) is 13.8 Å². The zero-order valence-corrected chi connectivity index (χ0v) is 24.0. The average Bonchev–Trinajstić information content (AvgIpc) is 2.90. The smallest absolute Gasteiger partial charge is 0.264 e. The van der Waals surface area contributed by atoms with E-state index in [2.05, 4.69) is 40.8 Å². The Morgan fingerprint density at radius 3 is 2.33 bits per heavy atom. The first-order valence-electron chi connectivity index (χ1n) is 13.1. The van der Waals surface area contributed by atoms with Crippen LogP contribution >= 0.6 is 0 Å². The average molecular weight is 557 g/mol. The second-order valence-electron chi connectivity index (χ2n) is 11.0. The lowest BCUT2D eigenvalue weighted by Gasteiger charge is -2.28. The monoisotopic (exact) mass is 556 g/mol. The SMILES string of the molecule is Cc1cccc(C)c1-c1cc2nc(n1)NS(=O)(=O)c1cccc(c1)C(=O)NCC(c1ccccc1C(C)(C)C)O2. The molecule has 0 saturated heterocycles. The highest BCUT2D eigenvalue weighted by Crippen LogP contribution is 2.34. The van der Waals surface area contributed by atoms with Crippen molar-refractivity contribution in [3.05, 3.63) is 101 Å². The quantitative estimate of drug-likeness (QED) is 0.327. The highest BCUT2D eigenvalue weighted by Gasteiger charge is 2.27. The third-order valence-electron chi connectivity index (χ3n) is 6.90. The lowest BCUT2D eigenvalue weighted by molar-refractivity contribution is 0.0925. The molecular formula is C31H32N4O4S. The molecule has 0 aliphatic carbocycles. The van der Waals surface area contributed by atoms with E-state index in [-0.39, 0.29) is 34.2 Å². The minimum Gasteiger partial charge on any atom is -0.467 e. The second-order valence-corrected chi connectivity index (χ2v) is 12.7. The van der Waals surface area contributed by atoms with Crippen molar-refractivity contribution in [1.29, 1.82) is 0 Å². The Morgan fingerprint density at radius 1 is 0.900 bits per heavy atom. The van der Waals surface area contributed by atoms with Crippen LogP contribution in [0.2, 0.25) is 0 Å². The molecule has 0 radical (unpaired) electrons. The van der Waals surface area contributed by atoms with Gasteiger partial charge < -0.3 is 10.1 Å². The second kappa shape index (κ2) is 10.4. The molecule has 2 heterocycles. The maximum absolute atomic E-state index is 13.3. The first kappa shape index (κ1) is 27.3. The number of nitrogens with zero attached hydrogens (tertiary/aromatic N) is 2. The van der Waals surface area contributed by atoms with Crippen molar-refractivity contribution in [3.63, 3.8) is 0 Å². The molecule has 206 valence electrons. The number of benzene rings is 3. The van der Waals surface area contributed by atoms with Crippen LogP contribution in [-0.2, 0) is 15.4 Å². The van der Waals surface area contributed by atoms with E-state index in [9.17, 15) is 13.2 Å². The van der Waals surface area contributed by atoms with Gasteiger partial charge in [0, 0.05) is 17.2 Å². The number of aromatic nitrogens is 2. The van der Waals surface area contributed by atoms with Gasteiger partial charge >= 0.3 is 0 Å². The van der Waals surface area contributed by atoms with Crippen LogP contribution < -0.4 is 14.8 Å². The van der Waals surface area contributed by atoms with Gasteiger partial charge in [-0.3, -0.25) is 4.79 Å². The van der Waals surface area contributed by atoms with Crippen molar-refractivity contribution in [1.82, 2.24) is 15.3 Å². The molecule has 2 N–H and O–H groups in total. The minimum atomic E-state index is -4.10. The van der Waals surface area contributed by atoms with Crippen LogP contribution in [0.5, 0.6) is 5.88 Å². The summed E-state index contributed by atoms with van der Waals surface area (Å²) in [4.78, 5) is 22.1. The van der Waals surface area contributed by atoms with Gasteiger partial charge in [0.1, 0.15) is 6.10 Å². The van der Waals surface area contributed by atoms with Gasteiger partial charge in [-0.15, -0.1) is 0 Å². The molecule has 40 heavy (non-hydrogen) atoms. The molecule has 1 amide bonds. The number of rotatable bonds is 2. The predicted molar refractivity (Wildman–Crippen MR) is 155 cm³/mol. The number of hydrogen-bond acceptors (Lipinski definition) is 6. The Balaban J connectivity index is 1.72. The Hall–Kier alpha value is -4.24. The van der Waals surface area contributed by atoms with Crippen LogP contribution in [-0.4, -0.2) is 30.8 Å². The fourth-order valence-electron chi connectivity index (χ4n) is 4.97. The van der Waals surface area contributed by atoms with Gasteiger partial charge in [0.05, 0.1) is 17.1 Å². The summed E-state index contributed by atoms with van der Waals surface area (Å²) in [7, 11) is -4.10. The molecule has 0 saturated carbocycles. The van der Waals surface area contributed by atoms with E-state index in [0.717, 1.165) is 27.8 Å². The number of carbonyl (C=O) groups is 1. The summed E-state index contributed by atoms with van der Waals surface area (Å²) in [5, 5.41) is 2.93. The third kappa shape index (κ3) is 5.56. The highest BCUT2D eigenvalue weighted by atomic mass is 32.2. The van der Waals surface area contributed by atoms with Gasteiger partial charge in [0.15, 0.2) is 0 Å². The Labute approximate surface area is 234 Å². The van der Waals surface area contributed by atoms with Gasteiger partial charge in [0.25, 0.3) is 15.9 Å². The van der Waals surface area contributed by atoms with Crippen molar-refractivity contribution in [3.8, 4) is 17.1 Å². The standard InChI is InChI=1S/C31H32N4O4S/c1-19-10-8-11-20(2)28(19)25-17-27-34-30(33-25)35-40(37,38)22-13-9-12-21(16-22)29(36)32-18-26(39-27)23-14-6-7-15-24(23)31(3,4)5/h6-17,26H,18H2,1-5H3,(H,32,36)(H,33,34,35). The number of fused-ring (bicyclic) bond motifs is 4. The molecule has 1 atom stereocenters. The Morgan fingerprint density at radius 2 is 1.60 bits per heavy atom. The van der Waals surface area contributed by atoms with Crippen molar-refractivity contribution >= 4 is 21.9 Å². The number of amides is 1. The van der Waals surface area contributed by atoms with Gasteiger partial charge in [-0.2, -0.15) is 4.98 Å². The van der Waals surface area contributed by atoms with E-state index >= 15 is 0 Å². The van der Waals surface area contributed by atoms with E-state index in [4.69, 9.17) is 4.74 Å². The molecular weight excluding hydrogens is 524 g/mol. The van der Waals surface area contributed by atoms with Crippen molar-refractivity contribution in [2.75, 3.05) is 11.3 Å². The van der Waals surface area contributed by atoms with Gasteiger partial charge in [-0.1, -0.05) is 69.3 Å². The molecule has 0 spiro atoms. The van der Waals surface area contributed by atoms with E-state index in [1.165, 1.54) is 18.2 Å². The molecule has 3 aromatic carbocycles. The van der Waals surface area contributed by atoms with Crippen LogP contribution in [0.4, 0.5) is 5.95 Å². The van der Waals surface area contributed by atoms with Gasteiger partial charge in [0.2, 0.25) is 11.8 Å². The molecule has 5 rings (SSSR count). The fraction of sp³-hybridized carbons (Fsp3) is 0.258. The number of nitrogens with one attached hydrogen (secondary N) is 2. The molecule has 1 aromatic heterocycles. The summed E-state index contributed by atoms with van der Waals surface area (Å²) in [6.07, 6.45) is -0.617. The minimum absolute atomic E-state index is 0.0717. The van der Waals surface area contributed by atoms with Crippen molar-refractivity contribution < 1.29 is 17.9 Å². The molecule has 0 fully saturated rings. The number of hydrogen-bond donors (Lipinski definition) is 2.